The van der Waals surface area contributed by atoms with Crippen molar-refractivity contribution in [2.24, 2.45) is 0 Å². The minimum atomic E-state index is -0.562. The fraction of sp³-hybridized carbons (Fsp3) is 0.300. The van der Waals surface area contributed by atoms with Crippen molar-refractivity contribution in [3.63, 3.8) is 0 Å². The van der Waals surface area contributed by atoms with Crippen molar-refractivity contribution < 1.29 is 19.1 Å². The number of thioether (sulfide) groups is 1. The highest BCUT2D eigenvalue weighted by Gasteiger charge is 2.24. The number of benzene rings is 2. The fourth-order valence-corrected chi connectivity index (χ4v) is 3.47. The Morgan fingerprint density at radius 2 is 2.00 bits per heavy atom. The molecule has 0 unspecified atom stereocenters. The van der Waals surface area contributed by atoms with Gasteiger partial charge in [0.2, 0.25) is 0 Å². The summed E-state index contributed by atoms with van der Waals surface area (Å²) in [7, 11) is 1.51. The molecule has 1 heterocycles. The molecule has 3 rings (SSSR count). The maximum absolute atomic E-state index is 12.6. The van der Waals surface area contributed by atoms with Crippen molar-refractivity contribution in [3.05, 3.63) is 53.6 Å². The predicted octanol–water partition coefficient (Wildman–Crippen LogP) is 3.55. The Balaban J connectivity index is 1.68. The number of nitrogens with zero attached hydrogens (tertiary/aromatic N) is 1. The molecule has 0 bridgehead atoms. The predicted molar refractivity (Wildman–Crippen MR) is 102 cm³/mol. The van der Waals surface area contributed by atoms with E-state index in [1.54, 1.807) is 28.8 Å². The number of hydrogen-bond donors (Lipinski definition) is 0. The van der Waals surface area contributed by atoms with E-state index in [-0.39, 0.29) is 12.5 Å². The SMILES string of the molecule is COc1cc(SC)ccc1C(=O)OCC(=O)N1CCCc2ccccc21. The summed E-state index contributed by atoms with van der Waals surface area (Å²) >= 11 is 1.56. The Bertz CT molecular complexity index is 821. The summed E-state index contributed by atoms with van der Waals surface area (Å²) in [5.41, 5.74) is 2.37. The Hall–Kier alpha value is -2.47. The van der Waals surface area contributed by atoms with E-state index in [9.17, 15) is 9.59 Å². The van der Waals surface area contributed by atoms with E-state index in [2.05, 4.69) is 0 Å². The van der Waals surface area contributed by atoms with E-state index >= 15 is 0 Å². The third-order valence-corrected chi connectivity index (χ3v) is 5.09. The van der Waals surface area contributed by atoms with Gasteiger partial charge in [-0.1, -0.05) is 18.2 Å². The molecular formula is C20H21NO4S. The molecule has 26 heavy (non-hydrogen) atoms. The summed E-state index contributed by atoms with van der Waals surface area (Å²) in [6.07, 6.45) is 3.81. The van der Waals surface area contributed by atoms with Gasteiger partial charge < -0.3 is 14.4 Å². The number of para-hydroxylation sites is 1. The molecular weight excluding hydrogens is 350 g/mol. The van der Waals surface area contributed by atoms with E-state index in [0.29, 0.717) is 17.9 Å². The van der Waals surface area contributed by atoms with Gasteiger partial charge in [-0.25, -0.2) is 4.79 Å². The van der Waals surface area contributed by atoms with Gasteiger partial charge in [-0.2, -0.15) is 0 Å². The van der Waals surface area contributed by atoms with E-state index in [4.69, 9.17) is 9.47 Å². The third kappa shape index (κ3) is 3.85. The van der Waals surface area contributed by atoms with Crippen molar-refractivity contribution >= 4 is 29.3 Å². The average Bonchev–Trinajstić information content (AvgIpc) is 2.70. The van der Waals surface area contributed by atoms with Crippen LogP contribution in [-0.4, -0.2) is 38.4 Å². The van der Waals surface area contributed by atoms with Gasteiger partial charge in [0.15, 0.2) is 6.61 Å². The van der Waals surface area contributed by atoms with Crippen molar-refractivity contribution in [2.45, 2.75) is 17.7 Å². The lowest BCUT2D eigenvalue weighted by atomic mass is 10.0. The molecule has 0 aromatic heterocycles. The van der Waals surface area contributed by atoms with Gasteiger partial charge in [0, 0.05) is 17.1 Å². The van der Waals surface area contributed by atoms with Gasteiger partial charge in [0.1, 0.15) is 11.3 Å². The zero-order valence-corrected chi connectivity index (χ0v) is 15.7. The van der Waals surface area contributed by atoms with Gasteiger partial charge in [-0.15, -0.1) is 11.8 Å². The summed E-state index contributed by atoms with van der Waals surface area (Å²) in [6.45, 7) is 0.347. The summed E-state index contributed by atoms with van der Waals surface area (Å²) in [5.74, 6) is -0.337. The Labute approximate surface area is 157 Å². The minimum absolute atomic E-state index is 0.217. The number of fused-ring (bicyclic) bond motifs is 1. The molecule has 0 saturated heterocycles. The van der Waals surface area contributed by atoms with Crippen LogP contribution in [0.5, 0.6) is 5.75 Å². The topological polar surface area (TPSA) is 55.8 Å². The van der Waals surface area contributed by atoms with E-state index in [1.165, 1.54) is 7.11 Å². The van der Waals surface area contributed by atoms with Crippen molar-refractivity contribution in [1.29, 1.82) is 0 Å². The van der Waals surface area contributed by atoms with Crippen LogP contribution >= 0.6 is 11.8 Å². The molecule has 0 fully saturated rings. The minimum Gasteiger partial charge on any atom is -0.496 e. The molecule has 0 aliphatic carbocycles. The first-order valence-corrected chi connectivity index (χ1v) is 9.64. The van der Waals surface area contributed by atoms with Crippen molar-refractivity contribution in [2.75, 3.05) is 31.4 Å². The summed E-state index contributed by atoms with van der Waals surface area (Å²) < 4.78 is 10.5. The number of amides is 1. The molecule has 136 valence electrons. The second-order valence-electron chi connectivity index (χ2n) is 5.92. The molecule has 2 aromatic rings. The van der Waals surface area contributed by atoms with Crippen molar-refractivity contribution in [3.8, 4) is 5.75 Å². The summed E-state index contributed by atoms with van der Waals surface area (Å²) in [5, 5.41) is 0. The first-order valence-electron chi connectivity index (χ1n) is 8.41. The molecule has 0 radical (unpaired) electrons. The molecule has 1 aliphatic heterocycles. The number of rotatable bonds is 5. The highest BCUT2D eigenvalue weighted by atomic mass is 32.2. The van der Waals surface area contributed by atoms with Gasteiger partial charge in [0.25, 0.3) is 5.91 Å². The van der Waals surface area contributed by atoms with Gasteiger partial charge >= 0.3 is 5.97 Å². The maximum atomic E-state index is 12.6. The molecule has 6 heteroatoms. The van der Waals surface area contributed by atoms with Gasteiger partial charge in [-0.3, -0.25) is 4.79 Å². The van der Waals surface area contributed by atoms with Crippen LogP contribution in [0.25, 0.3) is 0 Å². The summed E-state index contributed by atoms with van der Waals surface area (Å²) in [4.78, 5) is 27.6. The number of hydrogen-bond acceptors (Lipinski definition) is 5. The standard InChI is InChI=1S/C20H21NO4S/c1-24-18-12-15(26-2)9-10-16(18)20(23)25-13-19(22)21-11-5-7-14-6-3-4-8-17(14)21/h3-4,6,8-10,12H,5,7,11,13H2,1-2H3. The Morgan fingerprint density at radius 1 is 1.19 bits per heavy atom. The Morgan fingerprint density at radius 3 is 2.77 bits per heavy atom. The van der Waals surface area contributed by atoms with Crippen LogP contribution in [0.3, 0.4) is 0 Å². The highest BCUT2D eigenvalue weighted by molar-refractivity contribution is 7.98. The fourth-order valence-electron chi connectivity index (χ4n) is 3.04. The number of anilines is 1. The number of carbonyl (C=O) groups excluding carboxylic acids is 2. The lowest BCUT2D eigenvalue weighted by Crippen LogP contribution is -2.38. The van der Waals surface area contributed by atoms with E-state index in [0.717, 1.165) is 29.0 Å². The smallest absolute Gasteiger partial charge is 0.342 e. The first kappa shape index (κ1) is 18.3. The summed E-state index contributed by atoms with van der Waals surface area (Å²) in [6, 6.07) is 13.1. The van der Waals surface area contributed by atoms with Crippen LogP contribution in [0, 0.1) is 0 Å². The van der Waals surface area contributed by atoms with Crippen LogP contribution in [0.15, 0.2) is 47.4 Å². The van der Waals surface area contributed by atoms with E-state index in [1.807, 2.05) is 36.6 Å². The third-order valence-electron chi connectivity index (χ3n) is 4.37. The second kappa shape index (κ2) is 8.27. The van der Waals surface area contributed by atoms with Crippen LogP contribution in [0.2, 0.25) is 0 Å². The molecule has 0 N–H and O–H groups in total. The lowest BCUT2D eigenvalue weighted by molar-refractivity contribution is -0.121. The number of esters is 1. The van der Waals surface area contributed by atoms with Gasteiger partial charge in [0.05, 0.1) is 7.11 Å². The highest BCUT2D eigenvalue weighted by Crippen LogP contribution is 2.28. The molecule has 1 aliphatic rings. The Kier molecular flexibility index (Phi) is 5.83. The van der Waals surface area contributed by atoms with Crippen LogP contribution < -0.4 is 9.64 Å². The molecule has 0 spiro atoms. The zero-order valence-electron chi connectivity index (χ0n) is 14.9. The number of ether oxygens (including phenoxy) is 2. The lowest BCUT2D eigenvalue weighted by Gasteiger charge is -2.29. The number of carbonyl (C=O) groups is 2. The first-order chi connectivity index (χ1) is 12.6. The number of methoxy groups -OCH3 is 1. The normalized spacial score (nSPS) is 13.1. The second-order valence-corrected chi connectivity index (χ2v) is 6.80. The van der Waals surface area contributed by atoms with Crippen LogP contribution in [0.1, 0.15) is 22.3 Å². The number of aryl methyl sites for hydroxylation is 1. The maximum Gasteiger partial charge on any atom is 0.342 e. The molecule has 2 aromatic carbocycles. The van der Waals surface area contributed by atoms with Gasteiger partial charge in [-0.05, 0) is 48.9 Å². The molecule has 0 atom stereocenters. The molecule has 1 amide bonds. The zero-order chi connectivity index (χ0) is 18.5. The molecule has 5 nitrogen and oxygen atoms in total. The van der Waals surface area contributed by atoms with E-state index < -0.39 is 5.97 Å². The quantitative estimate of drug-likeness (QED) is 0.594. The van der Waals surface area contributed by atoms with Crippen LogP contribution in [-0.2, 0) is 16.0 Å². The monoisotopic (exact) mass is 371 g/mol. The average molecular weight is 371 g/mol. The largest absolute Gasteiger partial charge is 0.496 e. The van der Waals surface area contributed by atoms with Crippen LogP contribution in [0.4, 0.5) is 5.69 Å². The van der Waals surface area contributed by atoms with Crippen molar-refractivity contribution in [1.82, 2.24) is 0 Å². The molecule has 0 saturated carbocycles.